The number of methoxy groups -OCH3 is 1. The number of cyclic esters (lactones) is 1. The molecule has 4 aliphatic rings. The number of aliphatic hydroxyl groups is 8. The maximum Gasteiger partial charge on any atom is 0.311 e. The molecule has 22 atom stereocenters. The number of nitrogens with zero attached hydrogens (tertiary/aromatic N) is 1. The Labute approximate surface area is 359 Å². The van der Waals surface area contributed by atoms with E-state index in [-0.39, 0.29) is 25.7 Å². The van der Waals surface area contributed by atoms with E-state index in [1.165, 1.54) is 27.9 Å². The van der Waals surface area contributed by atoms with Gasteiger partial charge in [-0.1, -0.05) is 20.8 Å². The monoisotopic (exact) mass is 881 g/mol. The number of likely N-dealkylation sites (N-methyl/N-ethyl adjacent to an activating group) is 1. The minimum atomic E-state index is -2.06. The van der Waals surface area contributed by atoms with E-state index in [0.29, 0.717) is 6.42 Å². The van der Waals surface area contributed by atoms with Gasteiger partial charge in [0, 0.05) is 37.8 Å². The van der Waals surface area contributed by atoms with Gasteiger partial charge in [0.05, 0.1) is 54.2 Å². The van der Waals surface area contributed by atoms with Crippen LogP contribution in [0.1, 0.15) is 94.4 Å². The number of ketones is 1. The van der Waals surface area contributed by atoms with E-state index in [1.807, 2.05) is 11.8 Å². The van der Waals surface area contributed by atoms with Crippen molar-refractivity contribution in [3.63, 3.8) is 0 Å². The van der Waals surface area contributed by atoms with Crippen molar-refractivity contribution < 1.29 is 88.3 Å². The smallest absolute Gasteiger partial charge is 0.311 e. The van der Waals surface area contributed by atoms with Gasteiger partial charge in [-0.3, -0.25) is 9.59 Å². The number of ether oxygens (including phenoxy) is 8. The molecule has 4 fully saturated rings. The number of carbonyl (C=O) groups excluding carboxylic acids is 2. The summed E-state index contributed by atoms with van der Waals surface area (Å²) in [4.78, 5) is 30.0. The quantitative estimate of drug-likeness (QED) is 0.127. The topological polar surface area (TPSA) is 273 Å². The first-order chi connectivity index (χ1) is 28.2. The number of hydrogen-bond acceptors (Lipinski definition) is 19. The fourth-order valence-corrected chi connectivity index (χ4v) is 9.29. The van der Waals surface area contributed by atoms with Gasteiger partial charge < -0.3 is 83.6 Å². The van der Waals surface area contributed by atoms with Crippen molar-refractivity contribution in [2.75, 3.05) is 27.8 Å². The van der Waals surface area contributed by atoms with Crippen molar-refractivity contribution in [3.8, 4) is 0 Å². The van der Waals surface area contributed by atoms with Crippen LogP contribution < -0.4 is 0 Å². The summed E-state index contributed by atoms with van der Waals surface area (Å²) in [6.45, 7) is 13.5. The molecule has 0 aliphatic carbocycles. The van der Waals surface area contributed by atoms with Gasteiger partial charge in [0.1, 0.15) is 54.1 Å². The molecule has 4 aliphatic heterocycles. The van der Waals surface area contributed by atoms with Gasteiger partial charge in [-0.15, -0.1) is 0 Å². The zero-order valence-corrected chi connectivity index (χ0v) is 37.8. The van der Waals surface area contributed by atoms with Crippen molar-refractivity contribution in [1.29, 1.82) is 0 Å². The van der Waals surface area contributed by atoms with Crippen LogP contribution >= 0.6 is 0 Å². The summed E-state index contributed by atoms with van der Waals surface area (Å²) < 4.78 is 49.6. The molecule has 0 saturated carbocycles. The first kappa shape index (κ1) is 52.1. The minimum absolute atomic E-state index is 0.0277. The third kappa shape index (κ3) is 11.5. The first-order valence-electron chi connectivity index (χ1n) is 21.6. The van der Waals surface area contributed by atoms with Gasteiger partial charge in [0.2, 0.25) is 0 Å². The Morgan fingerprint density at radius 2 is 1.43 bits per heavy atom. The fourth-order valence-electron chi connectivity index (χ4n) is 9.29. The minimum Gasteiger partial charge on any atom is -0.459 e. The SMILES string of the molecule is CC[C@H]1OC(=O)[C@H](C)[C@@H](O[C@H]2C[C@@](C)(OC)[C@@H](O)[C@H](C)O2)C[C@@H](O[C@@H]2O[C@H](C)C[C@H](N(C)C)[C@H]2O[C@@H]2O[C@H](CO)[C@@H](O)[C@H](O)[C@H]2O)[C@](C)(O)C[C@@H](C)C(=O)[C@H](C)[C@@H](O)[C@]1(C)O. The van der Waals surface area contributed by atoms with Crippen LogP contribution in [0, 0.1) is 17.8 Å². The number of esters is 1. The lowest BCUT2D eigenvalue weighted by Gasteiger charge is -2.49. The van der Waals surface area contributed by atoms with Crippen LogP contribution in [0.3, 0.4) is 0 Å². The zero-order chi connectivity index (χ0) is 46.1. The Morgan fingerprint density at radius 3 is 2.00 bits per heavy atom. The molecule has 0 bridgehead atoms. The molecule has 19 heteroatoms. The van der Waals surface area contributed by atoms with E-state index in [0.717, 1.165) is 0 Å². The normalized spacial score (nSPS) is 50.0. The second-order valence-corrected chi connectivity index (χ2v) is 18.8. The van der Waals surface area contributed by atoms with E-state index < -0.39 is 151 Å². The Balaban J connectivity index is 1.83. The Bertz CT molecular complexity index is 1430. The van der Waals surface area contributed by atoms with Crippen molar-refractivity contribution >= 4 is 11.8 Å². The molecule has 4 heterocycles. The van der Waals surface area contributed by atoms with Crippen LogP contribution in [0.4, 0.5) is 0 Å². The van der Waals surface area contributed by atoms with Gasteiger partial charge in [-0.2, -0.15) is 0 Å². The average Bonchev–Trinajstić information content (AvgIpc) is 3.19. The molecule has 61 heavy (non-hydrogen) atoms. The molecule has 8 N–H and O–H groups in total. The Kier molecular flexibility index (Phi) is 17.7. The van der Waals surface area contributed by atoms with Crippen molar-refractivity contribution in [2.24, 2.45) is 17.8 Å². The summed E-state index contributed by atoms with van der Waals surface area (Å²) in [7, 11) is 5.03. The molecule has 0 spiro atoms. The van der Waals surface area contributed by atoms with Gasteiger partial charge >= 0.3 is 5.97 Å². The maximum atomic E-state index is 14.2. The second-order valence-electron chi connectivity index (χ2n) is 18.8. The largest absolute Gasteiger partial charge is 0.459 e. The summed E-state index contributed by atoms with van der Waals surface area (Å²) in [6, 6.07) is -0.498. The summed E-state index contributed by atoms with van der Waals surface area (Å²) in [5, 5.41) is 88.6. The van der Waals surface area contributed by atoms with Crippen LogP contribution in [0.15, 0.2) is 0 Å². The summed E-state index contributed by atoms with van der Waals surface area (Å²) in [5.41, 5.74) is -5.10. The number of rotatable bonds is 10. The lowest BCUT2D eigenvalue weighted by molar-refractivity contribution is -0.359. The summed E-state index contributed by atoms with van der Waals surface area (Å²) in [6.07, 6.45) is -19.2. The molecule has 0 aromatic rings. The third-order valence-corrected chi connectivity index (χ3v) is 13.6. The van der Waals surface area contributed by atoms with Crippen LogP contribution in [0.25, 0.3) is 0 Å². The predicted octanol–water partition coefficient (Wildman–Crippen LogP) is -0.636. The van der Waals surface area contributed by atoms with Gasteiger partial charge in [0.25, 0.3) is 0 Å². The van der Waals surface area contributed by atoms with E-state index in [1.54, 1.807) is 48.7 Å². The summed E-state index contributed by atoms with van der Waals surface area (Å²) >= 11 is 0. The molecular formula is C42H75NO18. The highest BCUT2D eigenvalue weighted by atomic mass is 16.8. The lowest BCUT2D eigenvalue weighted by Crippen LogP contribution is -2.64. The van der Waals surface area contributed by atoms with Crippen molar-refractivity contribution in [2.45, 2.75) is 209 Å². The molecule has 4 rings (SSSR count). The van der Waals surface area contributed by atoms with E-state index in [4.69, 9.17) is 37.9 Å². The van der Waals surface area contributed by atoms with Gasteiger partial charge in [-0.25, -0.2) is 0 Å². The summed E-state index contributed by atoms with van der Waals surface area (Å²) in [5.74, 6) is -4.53. The number of hydrogen-bond donors (Lipinski definition) is 8. The molecule has 356 valence electrons. The van der Waals surface area contributed by atoms with E-state index in [9.17, 15) is 50.4 Å². The third-order valence-electron chi connectivity index (χ3n) is 13.6. The second kappa shape index (κ2) is 20.8. The lowest BCUT2D eigenvalue weighted by atomic mass is 9.76. The van der Waals surface area contributed by atoms with Crippen LogP contribution in [0.5, 0.6) is 0 Å². The highest BCUT2D eigenvalue weighted by Gasteiger charge is 2.53. The molecule has 0 radical (unpaired) electrons. The number of carbonyl (C=O) groups is 2. The van der Waals surface area contributed by atoms with Gasteiger partial charge in [0.15, 0.2) is 18.9 Å². The molecule has 19 nitrogen and oxygen atoms in total. The predicted molar refractivity (Wildman–Crippen MR) is 214 cm³/mol. The van der Waals surface area contributed by atoms with Gasteiger partial charge in [-0.05, 0) is 74.9 Å². The molecule has 0 unspecified atom stereocenters. The van der Waals surface area contributed by atoms with E-state index >= 15 is 0 Å². The fraction of sp³-hybridized carbons (Fsp3) is 0.952. The van der Waals surface area contributed by atoms with Crippen LogP contribution in [-0.2, 0) is 47.5 Å². The Hall–Kier alpha value is -1.50. The maximum absolute atomic E-state index is 14.2. The molecule has 0 aromatic heterocycles. The average molecular weight is 882 g/mol. The standard InChI is InChI=1S/C42H75NO18/c1-13-27-42(9,53)35(49)22(5)30(45)19(2)16-40(7,52)28(15-25(21(4)37(51)59-27)57-29-17-41(8,54-12)36(50)23(6)56-29)60-39-34(24(43(10)11)14-20(3)55-39)61-38-33(48)32(47)31(46)26(18-44)58-38/h19-29,31-36,38-39,44,46-50,52-53H,13-18H2,1-12H3/t19-,20-,21-,22+,23+,24+,25+,26-,27-,28-,29+,31-,32+,33-,34-,35-,36+,38+,39+,40-,41-,42-/m1/s1. The molecule has 4 saturated heterocycles. The number of aliphatic hydroxyl groups excluding tert-OH is 6. The van der Waals surface area contributed by atoms with E-state index in [2.05, 4.69) is 0 Å². The highest BCUT2D eigenvalue weighted by Crippen LogP contribution is 2.40. The molecule has 0 aromatic carbocycles. The molecular weight excluding hydrogens is 806 g/mol. The zero-order valence-electron chi connectivity index (χ0n) is 37.8. The van der Waals surface area contributed by atoms with Crippen LogP contribution in [0.2, 0.25) is 0 Å². The van der Waals surface area contributed by atoms with Crippen molar-refractivity contribution in [1.82, 2.24) is 4.90 Å². The first-order valence-corrected chi connectivity index (χ1v) is 21.6. The number of Topliss-reactive ketones (excluding diaryl/α,β-unsaturated/α-hetero) is 1. The van der Waals surface area contributed by atoms with Crippen molar-refractivity contribution in [3.05, 3.63) is 0 Å². The van der Waals surface area contributed by atoms with Crippen LogP contribution in [-0.4, -0.2) is 200 Å². The molecule has 0 amide bonds. The Morgan fingerprint density at radius 1 is 0.787 bits per heavy atom. The highest BCUT2D eigenvalue weighted by molar-refractivity contribution is 5.83.